The van der Waals surface area contributed by atoms with Gasteiger partial charge in [0.05, 0.1) is 0 Å². The Labute approximate surface area is 164 Å². The highest BCUT2D eigenvalue weighted by atomic mass is 19.1. The zero-order valence-corrected chi connectivity index (χ0v) is 16.2. The highest BCUT2D eigenvalue weighted by Crippen LogP contribution is 2.22. The van der Waals surface area contributed by atoms with Crippen molar-refractivity contribution >= 4 is 23.1 Å². The molecule has 2 aromatic carbocycles. The fourth-order valence-electron chi connectivity index (χ4n) is 3.36. The molecular weight excluding hydrogens is 353 g/mol. The van der Waals surface area contributed by atoms with E-state index in [0.717, 1.165) is 55.0 Å². The van der Waals surface area contributed by atoms with Gasteiger partial charge in [-0.15, -0.1) is 0 Å². The molecule has 1 N–H and O–H groups in total. The van der Waals surface area contributed by atoms with Crippen molar-refractivity contribution in [1.82, 2.24) is 9.97 Å². The lowest BCUT2D eigenvalue weighted by Gasteiger charge is -2.36. The highest BCUT2D eigenvalue weighted by molar-refractivity contribution is 5.58. The van der Waals surface area contributed by atoms with Crippen molar-refractivity contribution in [3.63, 3.8) is 0 Å². The second kappa shape index (κ2) is 7.84. The highest BCUT2D eigenvalue weighted by Gasteiger charge is 2.20. The molecule has 0 radical (unpaired) electrons. The second-order valence-corrected chi connectivity index (χ2v) is 7.14. The molecule has 0 bridgehead atoms. The van der Waals surface area contributed by atoms with Crippen LogP contribution in [0.25, 0.3) is 0 Å². The Kier molecular flexibility index (Phi) is 5.10. The molecule has 1 aliphatic heterocycles. The molecule has 0 atom stereocenters. The summed E-state index contributed by atoms with van der Waals surface area (Å²) in [6.07, 6.45) is 0. The summed E-state index contributed by atoms with van der Waals surface area (Å²) in [6, 6.07) is 16.9. The number of anilines is 4. The number of piperazine rings is 1. The first-order chi connectivity index (χ1) is 13.6. The van der Waals surface area contributed by atoms with E-state index in [1.807, 2.05) is 37.3 Å². The van der Waals surface area contributed by atoms with Gasteiger partial charge in [-0.3, -0.25) is 0 Å². The number of benzene rings is 2. The van der Waals surface area contributed by atoms with Gasteiger partial charge in [0.2, 0.25) is 5.95 Å². The summed E-state index contributed by atoms with van der Waals surface area (Å²) in [7, 11) is 0. The molecule has 5 nitrogen and oxygen atoms in total. The zero-order valence-electron chi connectivity index (χ0n) is 16.2. The third-order valence-corrected chi connectivity index (χ3v) is 4.92. The quantitative estimate of drug-likeness (QED) is 0.734. The summed E-state index contributed by atoms with van der Waals surface area (Å²) < 4.78 is 13.1. The van der Waals surface area contributed by atoms with E-state index in [9.17, 15) is 4.39 Å². The molecule has 1 fully saturated rings. The first-order valence-electron chi connectivity index (χ1n) is 9.52. The molecule has 0 aliphatic carbocycles. The number of nitrogens with zero attached hydrogens (tertiary/aromatic N) is 4. The zero-order chi connectivity index (χ0) is 19.5. The van der Waals surface area contributed by atoms with Gasteiger partial charge in [0.15, 0.2) is 0 Å². The van der Waals surface area contributed by atoms with Gasteiger partial charge in [-0.25, -0.2) is 9.37 Å². The van der Waals surface area contributed by atoms with Crippen LogP contribution < -0.4 is 15.1 Å². The van der Waals surface area contributed by atoms with Gasteiger partial charge in [-0.05, 0) is 50.2 Å². The molecule has 6 heteroatoms. The van der Waals surface area contributed by atoms with Crippen molar-refractivity contribution in [3.05, 3.63) is 71.7 Å². The van der Waals surface area contributed by atoms with Crippen LogP contribution in [0.5, 0.6) is 0 Å². The van der Waals surface area contributed by atoms with E-state index in [-0.39, 0.29) is 5.82 Å². The number of hydrogen-bond acceptors (Lipinski definition) is 5. The van der Waals surface area contributed by atoms with Gasteiger partial charge in [0.25, 0.3) is 0 Å². The van der Waals surface area contributed by atoms with Crippen LogP contribution in [0.4, 0.5) is 27.5 Å². The molecule has 144 valence electrons. The number of hydrogen-bond donors (Lipinski definition) is 1. The molecule has 1 aliphatic rings. The maximum atomic E-state index is 13.1. The summed E-state index contributed by atoms with van der Waals surface area (Å²) in [5.74, 6) is 1.34. The molecule has 1 saturated heterocycles. The Morgan fingerprint density at radius 3 is 2.14 bits per heavy atom. The Balaban J connectivity index is 1.45. The lowest BCUT2D eigenvalue weighted by atomic mass is 10.2. The number of rotatable bonds is 4. The Hall–Kier alpha value is -3.15. The Morgan fingerprint density at radius 2 is 1.46 bits per heavy atom. The molecule has 0 amide bonds. The van der Waals surface area contributed by atoms with Crippen molar-refractivity contribution < 1.29 is 4.39 Å². The lowest BCUT2D eigenvalue weighted by molar-refractivity contribution is 0.623. The molecule has 0 spiro atoms. The van der Waals surface area contributed by atoms with Crippen LogP contribution in [-0.2, 0) is 0 Å². The molecule has 0 unspecified atom stereocenters. The fraction of sp³-hybridized carbons (Fsp3) is 0.273. The van der Waals surface area contributed by atoms with Crippen LogP contribution in [0.1, 0.15) is 11.3 Å². The monoisotopic (exact) mass is 377 g/mol. The largest absolute Gasteiger partial charge is 0.368 e. The summed E-state index contributed by atoms with van der Waals surface area (Å²) in [4.78, 5) is 13.8. The first kappa shape index (κ1) is 18.2. The molecule has 0 saturated carbocycles. The average molecular weight is 377 g/mol. The van der Waals surface area contributed by atoms with E-state index in [4.69, 9.17) is 4.98 Å². The van der Waals surface area contributed by atoms with E-state index in [2.05, 4.69) is 39.2 Å². The van der Waals surface area contributed by atoms with Crippen LogP contribution in [0.3, 0.4) is 0 Å². The maximum absolute atomic E-state index is 13.1. The van der Waals surface area contributed by atoms with E-state index in [1.165, 1.54) is 17.7 Å². The van der Waals surface area contributed by atoms with Crippen molar-refractivity contribution in [2.45, 2.75) is 13.8 Å². The van der Waals surface area contributed by atoms with Crippen LogP contribution >= 0.6 is 0 Å². The van der Waals surface area contributed by atoms with Crippen LogP contribution in [0.2, 0.25) is 0 Å². The van der Waals surface area contributed by atoms with E-state index in [1.54, 1.807) is 0 Å². The molecule has 4 rings (SSSR count). The van der Waals surface area contributed by atoms with Gasteiger partial charge < -0.3 is 15.1 Å². The predicted octanol–water partition coefficient (Wildman–Crippen LogP) is 4.30. The molecule has 28 heavy (non-hydrogen) atoms. The predicted molar refractivity (Wildman–Crippen MR) is 112 cm³/mol. The molecule has 1 aromatic heterocycles. The normalized spacial score (nSPS) is 14.2. The molecule has 3 aromatic rings. The first-order valence-corrected chi connectivity index (χ1v) is 9.52. The number of nitrogens with one attached hydrogen (secondary N) is 1. The number of aromatic nitrogens is 2. The second-order valence-electron chi connectivity index (χ2n) is 7.14. The van der Waals surface area contributed by atoms with E-state index < -0.39 is 0 Å². The number of halogens is 1. The topological polar surface area (TPSA) is 44.3 Å². The average Bonchev–Trinajstić information content (AvgIpc) is 2.70. The van der Waals surface area contributed by atoms with Crippen LogP contribution in [0.15, 0.2) is 54.6 Å². The van der Waals surface area contributed by atoms with Gasteiger partial charge in [-0.1, -0.05) is 17.7 Å². The smallest absolute Gasteiger partial charge is 0.227 e. The third kappa shape index (κ3) is 4.22. The van der Waals surface area contributed by atoms with E-state index >= 15 is 0 Å². The maximum Gasteiger partial charge on any atom is 0.227 e. The Morgan fingerprint density at radius 1 is 0.821 bits per heavy atom. The molecule has 2 heterocycles. The summed E-state index contributed by atoms with van der Waals surface area (Å²) >= 11 is 0. The lowest BCUT2D eigenvalue weighted by Crippen LogP contribution is -2.47. The minimum absolute atomic E-state index is 0.204. The van der Waals surface area contributed by atoms with Gasteiger partial charge in [0.1, 0.15) is 11.6 Å². The van der Waals surface area contributed by atoms with Gasteiger partial charge >= 0.3 is 0 Å². The van der Waals surface area contributed by atoms with Crippen LogP contribution in [-0.4, -0.2) is 36.1 Å². The minimum Gasteiger partial charge on any atom is -0.368 e. The third-order valence-electron chi connectivity index (χ3n) is 4.92. The van der Waals surface area contributed by atoms with Crippen molar-refractivity contribution in [2.24, 2.45) is 0 Å². The fourth-order valence-corrected chi connectivity index (χ4v) is 3.36. The van der Waals surface area contributed by atoms with Crippen LogP contribution in [0, 0.1) is 19.7 Å². The molecular formula is C22H24FN5. The van der Waals surface area contributed by atoms with E-state index in [0.29, 0.717) is 0 Å². The van der Waals surface area contributed by atoms with Crippen molar-refractivity contribution in [1.29, 1.82) is 0 Å². The SMILES string of the molecule is Cc1ccc(Nc2cc(C)nc(N3CCN(c4ccc(F)cc4)CC3)n2)cc1. The standard InChI is InChI=1S/C22H24FN5/c1-16-3-7-19(8-4-16)25-21-15-17(2)24-22(26-21)28-13-11-27(12-14-28)20-9-5-18(23)6-10-20/h3-10,15H,11-14H2,1-2H3,(H,24,25,26). The van der Waals surface area contributed by atoms with Crippen molar-refractivity contribution in [2.75, 3.05) is 41.3 Å². The van der Waals surface area contributed by atoms with Gasteiger partial charge in [-0.2, -0.15) is 4.98 Å². The summed E-state index contributed by atoms with van der Waals surface area (Å²) in [5.41, 5.74) is 4.22. The number of aryl methyl sites for hydroxylation is 2. The Bertz CT molecular complexity index is 932. The minimum atomic E-state index is -0.204. The summed E-state index contributed by atoms with van der Waals surface area (Å²) in [6.45, 7) is 7.41. The van der Waals surface area contributed by atoms with Gasteiger partial charge in [0, 0.05) is 49.3 Å². The van der Waals surface area contributed by atoms with Crippen molar-refractivity contribution in [3.8, 4) is 0 Å². The summed E-state index contributed by atoms with van der Waals surface area (Å²) in [5, 5.41) is 3.37.